The van der Waals surface area contributed by atoms with Crippen molar-refractivity contribution in [3.8, 4) is 10.4 Å². The molecule has 0 aliphatic rings. The predicted octanol–water partition coefficient (Wildman–Crippen LogP) is 3.91. The molecule has 1 aromatic heterocycles. The van der Waals surface area contributed by atoms with Crippen LogP contribution in [0.3, 0.4) is 0 Å². The Hall–Kier alpha value is -1.81. The molecule has 0 atom stereocenters. The Morgan fingerprint density at radius 3 is 2.42 bits per heavy atom. The molecule has 0 spiro atoms. The maximum Gasteiger partial charge on any atom is 0.350 e. The Kier molecular flexibility index (Phi) is 3.90. The molecule has 0 fully saturated rings. The lowest BCUT2D eigenvalue weighted by Gasteiger charge is -2.05. The zero-order chi connectivity index (χ0) is 14.0. The first-order chi connectivity index (χ1) is 9.02. The Balaban J connectivity index is 2.34. The number of thiophene rings is 1. The summed E-state index contributed by atoms with van der Waals surface area (Å²) in [6.07, 6.45) is 0. The fourth-order valence-corrected chi connectivity index (χ4v) is 2.84. The van der Waals surface area contributed by atoms with E-state index in [2.05, 4.69) is 38.1 Å². The van der Waals surface area contributed by atoms with Crippen LogP contribution in [0, 0.1) is 0 Å². The number of benzene rings is 1. The largest absolute Gasteiger partial charge is 0.465 e. The van der Waals surface area contributed by atoms with Gasteiger partial charge in [0.05, 0.1) is 12.8 Å². The van der Waals surface area contributed by atoms with E-state index < -0.39 is 0 Å². The van der Waals surface area contributed by atoms with Gasteiger partial charge in [-0.05, 0) is 23.1 Å². The van der Waals surface area contributed by atoms with Crippen LogP contribution >= 0.6 is 11.3 Å². The second-order valence-corrected chi connectivity index (χ2v) is 5.72. The first kappa shape index (κ1) is 13.6. The number of esters is 1. The van der Waals surface area contributed by atoms with Gasteiger partial charge < -0.3 is 10.5 Å². The van der Waals surface area contributed by atoms with Gasteiger partial charge in [0.15, 0.2) is 0 Å². The minimum Gasteiger partial charge on any atom is -0.465 e. The molecule has 0 saturated carbocycles. The van der Waals surface area contributed by atoms with Crippen LogP contribution in [0.2, 0.25) is 0 Å². The number of methoxy groups -OCH3 is 1. The summed E-state index contributed by atoms with van der Waals surface area (Å²) in [5.74, 6) is 0.126. The summed E-state index contributed by atoms with van der Waals surface area (Å²) >= 11 is 1.36. The Morgan fingerprint density at radius 2 is 1.89 bits per heavy atom. The highest BCUT2D eigenvalue weighted by molar-refractivity contribution is 7.18. The van der Waals surface area contributed by atoms with Crippen LogP contribution in [0.4, 0.5) is 5.69 Å². The molecule has 2 aromatic rings. The number of anilines is 1. The second-order valence-electron chi connectivity index (χ2n) is 4.66. The molecule has 1 heterocycles. The molecule has 0 amide bonds. The van der Waals surface area contributed by atoms with E-state index in [-0.39, 0.29) is 5.97 Å². The standard InChI is InChI=1S/C15H17NO2S/c1-9(2)10-4-6-11(7-5-10)13-8-12(16)14(19-13)15(17)18-3/h4-9H,16H2,1-3H3. The van der Waals surface area contributed by atoms with Crippen molar-refractivity contribution in [1.82, 2.24) is 0 Å². The van der Waals surface area contributed by atoms with Crippen molar-refractivity contribution in [2.45, 2.75) is 19.8 Å². The van der Waals surface area contributed by atoms with Crippen molar-refractivity contribution < 1.29 is 9.53 Å². The van der Waals surface area contributed by atoms with E-state index in [1.54, 1.807) is 0 Å². The van der Waals surface area contributed by atoms with Gasteiger partial charge in [-0.25, -0.2) is 4.79 Å². The first-order valence-electron chi connectivity index (χ1n) is 6.11. The lowest BCUT2D eigenvalue weighted by atomic mass is 10.0. The molecule has 4 heteroatoms. The van der Waals surface area contributed by atoms with Crippen LogP contribution in [0.25, 0.3) is 10.4 Å². The summed E-state index contributed by atoms with van der Waals surface area (Å²) in [7, 11) is 1.36. The van der Waals surface area contributed by atoms with Crippen molar-refractivity contribution in [2.75, 3.05) is 12.8 Å². The molecule has 0 unspecified atom stereocenters. The lowest BCUT2D eigenvalue weighted by Crippen LogP contribution is -2.00. The van der Waals surface area contributed by atoms with Gasteiger partial charge >= 0.3 is 5.97 Å². The van der Waals surface area contributed by atoms with Crippen molar-refractivity contribution >= 4 is 23.0 Å². The molecule has 2 rings (SSSR count). The number of rotatable bonds is 3. The summed E-state index contributed by atoms with van der Waals surface area (Å²) in [5.41, 5.74) is 8.67. The molecule has 0 aliphatic carbocycles. The fourth-order valence-electron chi connectivity index (χ4n) is 1.83. The minimum absolute atomic E-state index is 0.382. The summed E-state index contributed by atoms with van der Waals surface area (Å²) in [6, 6.07) is 10.1. The zero-order valence-electron chi connectivity index (χ0n) is 11.3. The molecule has 100 valence electrons. The highest BCUT2D eigenvalue weighted by Crippen LogP contribution is 2.34. The first-order valence-corrected chi connectivity index (χ1v) is 6.92. The van der Waals surface area contributed by atoms with Crippen molar-refractivity contribution in [2.24, 2.45) is 0 Å². The highest BCUT2D eigenvalue weighted by Gasteiger charge is 2.15. The van der Waals surface area contributed by atoms with Crippen LogP contribution in [0.15, 0.2) is 30.3 Å². The third kappa shape index (κ3) is 2.79. The van der Waals surface area contributed by atoms with Crippen molar-refractivity contribution in [1.29, 1.82) is 0 Å². The third-order valence-electron chi connectivity index (χ3n) is 2.99. The van der Waals surface area contributed by atoms with Crippen LogP contribution in [-0.2, 0) is 4.74 Å². The monoisotopic (exact) mass is 275 g/mol. The Morgan fingerprint density at radius 1 is 1.26 bits per heavy atom. The average molecular weight is 275 g/mol. The molecule has 19 heavy (non-hydrogen) atoms. The van der Waals surface area contributed by atoms with Gasteiger partial charge in [0.1, 0.15) is 4.88 Å². The van der Waals surface area contributed by atoms with Crippen LogP contribution in [-0.4, -0.2) is 13.1 Å². The van der Waals surface area contributed by atoms with E-state index in [0.717, 1.165) is 10.4 Å². The van der Waals surface area contributed by atoms with Gasteiger partial charge in [-0.1, -0.05) is 38.1 Å². The van der Waals surface area contributed by atoms with Gasteiger partial charge in [-0.3, -0.25) is 0 Å². The summed E-state index contributed by atoms with van der Waals surface area (Å²) in [4.78, 5) is 13.0. The lowest BCUT2D eigenvalue weighted by molar-refractivity contribution is 0.0607. The van der Waals surface area contributed by atoms with Crippen LogP contribution in [0.5, 0.6) is 0 Å². The van der Waals surface area contributed by atoms with Crippen molar-refractivity contribution in [3.05, 3.63) is 40.8 Å². The number of hydrogen-bond acceptors (Lipinski definition) is 4. The average Bonchev–Trinajstić information content (AvgIpc) is 2.80. The van der Waals surface area contributed by atoms with Gasteiger partial charge in [-0.2, -0.15) is 0 Å². The summed E-state index contributed by atoms with van der Waals surface area (Å²) in [5, 5.41) is 0. The predicted molar refractivity (Wildman–Crippen MR) is 79.6 cm³/mol. The number of nitrogen functional groups attached to an aromatic ring is 1. The molecule has 0 radical (unpaired) electrons. The minimum atomic E-state index is -0.382. The van der Waals surface area contributed by atoms with E-state index in [1.807, 2.05) is 6.07 Å². The van der Waals surface area contributed by atoms with Gasteiger partial charge in [-0.15, -0.1) is 11.3 Å². The Bertz CT molecular complexity index is 585. The highest BCUT2D eigenvalue weighted by atomic mass is 32.1. The summed E-state index contributed by atoms with van der Waals surface area (Å²) in [6.45, 7) is 4.32. The number of carbonyl (C=O) groups is 1. The van der Waals surface area contributed by atoms with Gasteiger partial charge in [0, 0.05) is 4.88 Å². The molecule has 0 bridgehead atoms. The molecule has 1 aromatic carbocycles. The number of carbonyl (C=O) groups excluding carboxylic acids is 1. The number of ether oxygens (including phenoxy) is 1. The van der Waals surface area contributed by atoms with Crippen molar-refractivity contribution in [3.63, 3.8) is 0 Å². The molecular formula is C15H17NO2S. The van der Waals surface area contributed by atoms with Crippen LogP contribution in [0.1, 0.15) is 35.0 Å². The topological polar surface area (TPSA) is 52.3 Å². The SMILES string of the molecule is COC(=O)c1sc(-c2ccc(C(C)C)cc2)cc1N. The molecular weight excluding hydrogens is 258 g/mol. The maximum atomic E-state index is 11.5. The molecule has 3 nitrogen and oxygen atoms in total. The third-order valence-corrected chi connectivity index (χ3v) is 4.17. The van der Waals surface area contributed by atoms with E-state index in [9.17, 15) is 4.79 Å². The maximum absolute atomic E-state index is 11.5. The number of nitrogens with two attached hydrogens (primary N) is 1. The molecule has 0 saturated heterocycles. The second kappa shape index (κ2) is 5.45. The van der Waals surface area contributed by atoms with Gasteiger partial charge in [0.25, 0.3) is 0 Å². The Labute approximate surface area is 117 Å². The zero-order valence-corrected chi connectivity index (χ0v) is 12.1. The van der Waals surface area contributed by atoms with E-state index >= 15 is 0 Å². The normalized spacial score (nSPS) is 10.7. The van der Waals surface area contributed by atoms with E-state index in [4.69, 9.17) is 10.5 Å². The van der Waals surface area contributed by atoms with E-state index in [1.165, 1.54) is 24.0 Å². The van der Waals surface area contributed by atoms with E-state index in [0.29, 0.717) is 16.5 Å². The number of hydrogen-bond donors (Lipinski definition) is 1. The van der Waals surface area contributed by atoms with Gasteiger partial charge in [0.2, 0.25) is 0 Å². The smallest absolute Gasteiger partial charge is 0.350 e. The quantitative estimate of drug-likeness (QED) is 0.864. The fraction of sp³-hybridized carbons (Fsp3) is 0.267. The summed E-state index contributed by atoms with van der Waals surface area (Å²) < 4.78 is 4.71. The molecule has 2 N–H and O–H groups in total. The molecule has 0 aliphatic heterocycles. The van der Waals surface area contributed by atoms with Crippen LogP contribution < -0.4 is 5.73 Å².